The average Bonchev–Trinajstić information content (AvgIpc) is 2.48. The number of halogens is 3. The molecule has 0 fully saturated rings. The van der Waals surface area contributed by atoms with Gasteiger partial charge in [-0.25, -0.2) is 0 Å². The monoisotopic (exact) mass is 362 g/mol. The standard InChI is InChI=1S/C16H21F3N2O4/c1-9(2)14(15(25)20-8-13(23)24)21(10(3)22)12-6-4-5-11(7-12)16(17,18)19/h4-7,9,13-14,23-24H,8H2,1-3H3,(H,20,25). The largest absolute Gasteiger partial charge is 0.416 e. The summed E-state index contributed by atoms with van der Waals surface area (Å²) in [7, 11) is 0. The Bertz CT molecular complexity index is 618. The first-order chi connectivity index (χ1) is 11.4. The molecular formula is C16H21F3N2O4. The summed E-state index contributed by atoms with van der Waals surface area (Å²) in [4.78, 5) is 25.4. The van der Waals surface area contributed by atoms with Gasteiger partial charge in [0.15, 0.2) is 6.29 Å². The van der Waals surface area contributed by atoms with Crippen molar-refractivity contribution in [3.63, 3.8) is 0 Å². The number of carbonyl (C=O) groups excluding carboxylic acids is 2. The summed E-state index contributed by atoms with van der Waals surface area (Å²) in [5, 5.41) is 20.0. The van der Waals surface area contributed by atoms with E-state index in [0.717, 1.165) is 30.0 Å². The van der Waals surface area contributed by atoms with E-state index in [1.807, 2.05) is 0 Å². The van der Waals surface area contributed by atoms with Crippen LogP contribution in [-0.4, -0.2) is 40.9 Å². The number of carbonyl (C=O) groups is 2. The SMILES string of the molecule is CC(=O)N(c1cccc(C(F)(F)F)c1)C(C(=O)NCC(O)O)C(C)C. The molecule has 1 aromatic rings. The minimum Gasteiger partial charge on any atom is -0.367 e. The molecule has 0 spiro atoms. The predicted molar refractivity (Wildman–Crippen MR) is 84.5 cm³/mol. The van der Waals surface area contributed by atoms with Crippen molar-refractivity contribution in [2.75, 3.05) is 11.4 Å². The summed E-state index contributed by atoms with van der Waals surface area (Å²) in [5.41, 5.74) is -1.01. The van der Waals surface area contributed by atoms with Crippen LogP contribution in [0.1, 0.15) is 26.3 Å². The summed E-state index contributed by atoms with van der Waals surface area (Å²) < 4.78 is 38.8. The van der Waals surface area contributed by atoms with Crippen LogP contribution in [-0.2, 0) is 15.8 Å². The third kappa shape index (κ3) is 5.71. The van der Waals surface area contributed by atoms with Crippen LogP contribution in [0.25, 0.3) is 0 Å². The number of anilines is 1. The highest BCUT2D eigenvalue weighted by Crippen LogP contribution is 2.32. The van der Waals surface area contributed by atoms with E-state index >= 15 is 0 Å². The van der Waals surface area contributed by atoms with E-state index in [9.17, 15) is 22.8 Å². The second kappa shape index (κ2) is 8.30. The molecule has 1 rings (SSSR count). The van der Waals surface area contributed by atoms with Crippen molar-refractivity contribution in [1.82, 2.24) is 5.32 Å². The lowest BCUT2D eigenvalue weighted by molar-refractivity contribution is -0.137. The molecule has 0 saturated carbocycles. The lowest BCUT2D eigenvalue weighted by Gasteiger charge is -2.33. The van der Waals surface area contributed by atoms with Gasteiger partial charge in [-0.1, -0.05) is 19.9 Å². The van der Waals surface area contributed by atoms with Crippen LogP contribution in [0.15, 0.2) is 24.3 Å². The molecule has 0 bridgehead atoms. The maximum absolute atomic E-state index is 12.9. The molecule has 140 valence electrons. The molecule has 0 heterocycles. The molecule has 0 aliphatic heterocycles. The molecule has 1 unspecified atom stereocenters. The Morgan fingerprint density at radius 2 is 1.84 bits per heavy atom. The molecule has 0 aliphatic rings. The van der Waals surface area contributed by atoms with E-state index in [1.54, 1.807) is 13.8 Å². The fraction of sp³-hybridized carbons (Fsp3) is 0.500. The topological polar surface area (TPSA) is 89.9 Å². The summed E-state index contributed by atoms with van der Waals surface area (Å²) in [6.45, 7) is 3.94. The minimum atomic E-state index is -4.59. The van der Waals surface area contributed by atoms with E-state index in [4.69, 9.17) is 10.2 Å². The van der Waals surface area contributed by atoms with Gasteiger partial charge in [0.2, 0.25) is 11.8 Å². The Balaban J connectivity index is 3.27. The second-order valence-corrected chi connectivity index (χ2v) is 5.85. The average molecular weight is 362 g/mol. The van der Waals surface area contributed by atoms with Gasteiger partial charge < -0.3 is 15.5 Å². The Morgan fingerprint density at radius 1 is 1.24 bits per heavy atom. The number of hydrogen-bond acceptors (Lipinski definition) is 4. The summed E-state index contributed by atoms with van der Waals surface area (Å²) >= 11 is 0. The van der Waals surface area contributed by atoms with E-state index in [0.29, 0.717) is 0 Å². The van der Waals surface area contributed by atoms with Crippen molar-refractivity contribution in [2.24, 2.45) is 5.92 Å². The van der Waals surface area contributed by atoms with E-state index in [1.165, 1.54) is 6.07 Å². The smallest absolute Gasteiger partial charge is 0.367 e. The van der Waals surface area contributed by atoms with Crippen molar-refractivity contribution in [1.29, 1.82) is 0 Å². The molecule has 1 atom stereocenters. The number of alkyl halides is 3. The number of nitrogens with zero attached hydrogens (tertiary/aromatic N) is 1. The minimum absolute atomic E-state index is 0.0688. The van der Waals surface area contributed by atoms with Gasteiger partial charge in [-0.05, 0) is 24.1 Å². The van der Waals surface area contributed by atoms with Crippen molar-refractivity contribution >= 4 is 17.5 Å². The number of rotatable bonds is 6. The highest BCUT2D eigenvalue weighted by Gasteiger charge is 2.35. The number of nitrogens with one attached hydrogen (secondary N) is 1. The fourth-order valence-corrected chi connectivity index (χ4v) is 2.38. The molecule has 0 saturated heterocycles. The molecule has 3 N–H and O–H groups in total. The Kier molecular flexibility index (Phi) is 6.95. The third-order valence-electron chi connectivity index (χ3n) is 3.43. The van der Waals surface area contributed by atoms with Crippen LogP contribution in [0, 0.1) is 5.92 Å². The Labute approximate surface area is 143 Å². The first-order valence-corrected chi connectivity index (χ1v) is 7.56. The van der Waals surface area contributed by atoms with Gasteiger partial charge in [0.1, 0.15) is 6.04 Å². The van der Waals surface area contributed by atoms with Crippen molar-refractivity contribution in [3.05, 3.63) is 29.8 Å². The number of amides is 2. The number of aliphatic hydroxyl groups is 2. The zero-order valence-corrected chi connectivity index (χ0v) is 14.0. The maximum atomic E-state index is 12.9. The summed E-state index contributed by atoms with van der Waals surface area (Å²) in [6, 6.07) is 3.01. The van der Waals surface area contributed by atoms with Gasteiger partial charge in [0, 0.05) is 12.6 Å². The summed E-state index contributed by atoms with van der Waals surface area (Å²) in [6.07, 6.45) is -6.37. The zero-order valence-electron chi connectivity index (χ0n) is 14.0. The quantitative estimate of drug-likeness (QED) is 0.669. The van der Waals surface area contributed by atoms with Crippen LogP contribution in [0.3, 0.4) is 0 Å². The fourth-order valence-electron chi connectivity index (χ4n) is 2.38. The third-order valence-corrected chi connectivity index (χ3v) is 3.43. The van der Waals surface area contributed by atoms with Crippen LogP contribution in [0.4, 0.5) is 18.9 Å². The van der Waals surface area contributed by atoms with E-state index < -0.39 is 48.3 Å². The van der Waals surface area contributed by atoms with Crippen LogP contribution < -0.4 is 10.2 Å². The van der Waals surface area contributed by atoms with Gasteiger partial charge in [-0.2, -0.15) is 13.2 Å². The van der Waals surface area contributed by atoms with Gasteiger partial charge in [0.05, 0.1) is 12.1 Å². The molecule has 6 nitrogen and oxygen atoms in total. The lowest BCUT2D eigenvalue weighted by Crippen LogP contribution is -2.53. The van der Waals surface area contributed by atoms with Crippen molar-refractivity contribution < 1.29 is 33.0 Å². The first-order valence-electron chi connectivity index (χ1n) is 7.56. The van der Waals surface area contributed by atoms with Gasteiger partial charge >= 0.3 is 6.18 Å². The zero-order chi connectivity index (χ0) is 19.4. The van der Waals surface area contributed by atoms with E-state index in [2.05, 4.69) is 5.32 Å². The molecule has 0 radical (unpaired) electrons. The highest BCUT2D eigenvalue weighted by atomic mass is 19.4. The second-order valence-electron chi connectivity index (χ2n) is 5.85. The maximum Gasteiger partial charge on any atom is 0.416 e. The van der Waals surface area contributed by atoms with Gasteiger partial charge in [-0.15, -0.1) is 0 Å². The Hall–Kier alpha value is -2.13. The first kappa shape index (κ1) is 20.9. The normalized spacial score (nSPS) is 13.0. The Morgan fingerprint density at radius 3 is 2.28 bits per heavy atom. The summed E-state index contributed by atoms with van der Waals surface area (Å²) in [5.74, 6) is -1.75. The van der Waals surface area contributed by atoms with Gasteiger partial charge in [-0.3, -0.25) is 14.5 Å². The molecule has 9 heteroatoms. The number of hydrogen-bond donors (Lipinski definition) is 3. The molecule has 25 heavy (non-hydrogen) atoms. The van der Waals surface area contributed by atoms with Crippen LogP contribution >= 0.6 is 0 Å². The molecule has 2 amide bonds. The van der Waals surface area contributed by atoms with Crippen molar-refractivity contribution in [3.8, 4) is 0 Å². The number of aliphatic hydroxyl groups excluding tert-OH is 1. The lowest BCUT2D eigenvalue weighted by atomic mass is 10.00. The van der Waals surface area contributed by atoms with Crippen LogP contribution in [0.2, 0.25) is 0 Å². The molecule has 0 aliphatic carbocycles. The molecule has 1 aromatic carbocycles. The highest BCUT2D eigenvalue weighted by molar-refractivity contribution is 5.99. The van der Waals surface area contributed by atoms with E-state index in [-0.39, 0.29) is 5.69 Å². The van der Waals surface area contributed by atoms with Crippen molar-refractivity contribution in [2.45, 2.75) is 39.3 Å². The molecular weight excluding hydrogens is 341 g/mol. The predicted octanol–water partition coefficient (Wildman–Crippen LogP) is 1.51. The van der Waals surface area contributed by atoms with Gasteiger partial charge in [0.25, 0.3) is 0 Å². The van der Waals surface area contributed by atoms with Crippen LogP contribution in [0.5, 0.6) is 0 Å². The molecule has 0 aromatic heterocycles. The number of benzene rings is 1.